The number of aromatic nitrogens is 4. The van der Waals surface area contributed by atoms with Gasteiger partial charge in [0.05, 0.1) is 28.8 Å². The highest BCUT2D eigenvalue weighted by Crippen LogP contribution is 2.34. The predicted octanol–water partition coefficient (Wildman–Crippen LogP) is 5.69. The van der Waals surface area contributed by atoms with Crippen molar-refractivity contribution < 1.29 is 31.3 Å². The SMILES string of the molecule is CNC(=O)CCN(C)c1nn(C)c2cc(C3CCN(C(C)C#Cc4cc(S(=O)N5CCC(Nc6ncc(OC(F)F)cn6)CC5)ccc4C(F)F)CC3)ccc12. The van der Waals surface area contributed by atoms with E-state index in [1.54, 1.807) is 11.4 Å². The van der Waals surface area contributed by atoms with Crippen molar-refractivity contribution in [2.75, 3.05) is 57.0 Å². The number of hydrogen-bond donors (Lipinski definition) is 2. The van der Waals surface area contributed by atoms with Gasteiger partial charge >= 0.3 is 6.61 Å². The molecule has 2 N–H and O–H groups in total. The minimum atomic E-state index is -2.96. The monoisotopic (exact) mass is 797 g/mol. The normalized spacial score (nSPS) is 17.1. The van der Waals surface area contributed by atoms with Gasteiger partial charge in [0.25, 0.3) is 6.43 Å². The molecule has 2 saturated heterocycles. The number of carbonyl (C=O) groups excluding carboxylic acids is 1. The number of alkyl halides is 4. The van der Waals surface area contributed by atoms with Gasteiger partial charge in [-0.05, 0) is 81.4 Å². The fraction of sp³-hybridized carbons (Fsp3) is 0.487. The van der Waals surface area contributed by atoms with Crippen LogP contribution in [-0.2, 0) is 22.8 Å². The molecule has 12 nitrogen and oxygen atoms in total. The number of benzene rings is 2. The van der Waals surface area contributed by atoms with Gasteiger partial charge in [-0.25, -0.2) is 27.3 Å². The second-order valence-corrected chi connectivity index (χ2v) is 15.6. The predicted molar refractivity (Wildman–Crippen MR) is 207 cm³/mol. The largest absolute Gasteiger partial charge is 0.432 e. The Morgan fingerprint density at radius 3 is 2.41 bits per heavy atom. The molecule has 6 rings (SSSR count). The maximum Gasteiger partial charge on any atom is 0.387 e. The number of likely N-dealkylation sites (tertiary alicyclic amines) is 1. The lowest BCUT2D eigenvalue weighted by molar-refractivity contribution is -0.120. The summed E-state index contributed by atoms with van der Waals surface area (Å²) < 4.78 is 74.5. The zero-order chi connectivity index (χ0) is 39.9. The number of aryl methyl sites for hydroxylation is 1. The number of nitrogens with zero attached hydrogens (tertiary/aromatic N) is 7. The van der Waals surface area contributed by atoms with Gasteiger partial charge in [-0.3, -0.25) is 14.4 Å². The van der Waals surface area contributed by atoms with Crippen molar-refractivity contribution in [1.29, 1.82) is 0 Å². The summed E-state index contributed by atoms with van der Waals surface area (Å²) in [6.45, 7) is 2.12. The van der Waals surface area contributed by atoms with E-state index < -0.39 is 24.0 Å². The summed E-state index contributed by atoms with van der Waals surface area (Å²) in [5, 5.41) is 11.6. The molecule has 2 aromatic carbocycles. The van der Waals surface area contributed by atoms with E-state index in [0.29, 0.717) is 49.7 Å². The molecule has 0 bridgehead atoms. The molecule has 2 unspecified atom stereocenters. The first-order valence-corrected chi connectivity index (χ1v) is 19.8. The Kier molecular flexibility index (Phi) is 13.5. The molecule has 2 fully saturated rings. The number of halogens is 4. The third kappa shape index (κ3) is 9.95. The average molecular weight is 798 g/mol. The molecular weight excluding hydrogens is 751 g/mol. The third-order valence-electron chi connectivity index (χ3n) is 10.5. The lowest BCUT2D eigenvalue weighted by Gasteiger charge is -2.34. The topological polar surface area (TPSA) is 121 Å². The van der Waals surface area contributed by atoms with Gasteiger partial charge in [-0.1, -0.05) is 24.0 Å². The van der Waals surface area contributed by atoms with E-state index in [1.807, 2.05) is 30.6 Å². The highest BCUT2D eigenvalue weighted by Gasteiger charge is 2.27. The number of nitrogens with one attached hydrogen (secondary N) is 2. The molecule has 0 spiro atoms. The molecule has 4 heterocycles. The Bertz CT molecular complexity index is 2060. The average Bonchev–Trinajstić information content (AvgIpc) is 3.54. The number of fused-ring (bicyclic) bond motifs is 1. The maximum absolute atomic E-state index is 14.1. The Hall–Kier alpha value is -4.79. The summed E-state index contributed by atoms with van der Waals surface area (Å²) >= 11 is 0. The van der Waals surface area contributed by atoms with Gasteiger partial charge in [0.1, 0.15) is 11.0 Å². The molecular formula is C39H47F4N9O3S. The van der Waals surface area contributed by atoms with E-state index in [1.165, 1.54) is 36.2 Å². The van der Waals surface area contributed by atoms with Crippen LogP contribution >= 0.6 is 0 Å². The molecule has 17 heteroatoms. The second kappa shape index (κ2) is 18.4. The smallest absolute Gasteiger partial charge is 0.387 e. The van der Waals surface area contributed by atoms with Gasteiger partial charge in [0, 0.05) is 69.8 Å². The van der Waals surface area contributed by atoms with Crippen molar-refractivity contribution in [3.05, 3.63) is 65.5 Å². The molecule has 2 aromatic heterocycles. The number of rotatable bonds is 13. The Morgan fingerprint density at radius 1 is 1.04 bits per heavy atom. The summed E-state index contributed by atoms with van der Waals surface area (Å²) in [5.74, 6) is 7.51. The van der Waals surface area contributed by atoms with Crippen molar-refractivity contribution in [2.45, 2.75) is 75.0 Å². The highest BCUT2D eigenvalue weighted by molar-refractivity contribution is 7.82. The van der Waals surface area contributed by atoms with Crippen LogP contribution in [0.4, 0.5) is 29.3 Å². The quantitative estimate of drug-likeness (QED) is 0.130. The fourth-order valence-electron chi connectivity index (χ4n) is 7.18. The minimum Gasteiger partial charge on any atom is -0.432 e. The fourth-order valence-corrected chi connectivity index (χ4v) is 8.42. The van der Waals surface area contributed by atoms with E-state index in [4.69, 9.17) is 5.10 Å². The third-order valence-corrected chi connectivity index (χ3v) is 12.0. The summed E-state index contributed by atoms with van der Waals surface area (Å²) in [5.41, 5.74) is 2.26. The Balaban J connectivity index is 1.04. The van der Waals surface area contributed by atoms with E-state index in [2.05, 4.69) is 60.3 Å². The minimum absolute atomic E-state index is 0.0159. The van der Waals surface area contributed by atoms with Crippen LogP contribution in [0.1, 0.15) is 68.1 Å². The van der Waals surface area contributed by atoms with Crippen molar-refractivity contribution in [2.24, 2.45) is 7.05 Å². The van der Waals surface area contributed by atoms with E-state index in [-0.39, 0.29) is 40.8 Å². The van der Waals surface area contributed by atoms with Gasteiger partial charge < -0.3 is 20.3 Å². The first-order chi connectivity index (χ1) is 26.9. The van der Waals surface area contributed by atoms with Crippen molar-refractivity contribution in [1.82, 2.24) is 34.3 Å². The van der Waals surface area contributed by atoms with Crippen LogP contribution < -0.4 is 20.3 Å². The maximum atomic E-state index is 14.1. The van der Waals surface area contributed by atoms with Gasteiger partial charge in [-0.2, -0.15) is 13.9 Å². The summed E-state index contributed by atoms with van der Waals surface area (Å²) in [6.07, 6.45) is 3.05. The van der Waals surface area contributed by atoms with Crippen LogP contribution in [0.25, 0.3) is 10.9 Å². The lowest BCUT2D eigenvalue weighted by atomic mass is 9.88. The lowest BCUT2D eigenvalue weighted by Crippen LogP contribution is -2.40. The van der Waals surface area contributed by atoms with Crippen LogP contribution in [0.15, 0.2) is 53.7 Å². The zero-order valence-electron chi connectivity index (χ0n) is 31.9. The van der Waals surface area contributed by atoms with Crippen LogP contribution in [0, 0.1) is 11.8 Å². The molecule has 300 valence electrons. The molecule has 2 aliphatic heterocycles. The Labute approximate surface area is 326 Å². The summed E-state index contributed by atoms with van der Waals surface area (Å²) in [6, 6.07) is 10.6. The van der Waals surface area contributed by atoms with Crippen molar-refractivity contribution in [3.63, 3.8) is 0 Å². The number of carbonyl (C=O) groups is 1. The standard InChI is InChI=1S/C39H47F4N9O3S/c1-25(51-17-11-26(12-18-51)27-7-9-33-34(22-27)50(4)48-37(33)49(3)16-15-35(53)44-2)5-6-28-21-31(8-10-32(28)36(40)41)56(54)52-19-13-29(14-20-52)47-39-45-23-30(24-46-39)55-38(42)43/h7-10,21-26,29,36,38H,11-20H2,1-4H3,(H,44,53)(H,45,46,47). The van der Waals surface area contributed by atoms with Crippen molar-refractivity contribution in [3.8, 4) is 17.6 Å². The molecule has 2 aliphatic rings. The second-order valence-electron chi connectivity index (χ2n) is 14.1. The molecule has 4 aromatic rings. The van der Waals surface area contributed by atoms with Crippen LogP contribution in [0.3, 0.4) is 0 Å². The molecule has 0 saturated carbocycles. The van der Waals surface area contributed by atoms with Gasteiger partial charge in [0.2, 0.25) is 11.9 Å². The number of anilines is 2. The van der Waals surface area contributed by atoms with Crippen molar-refractivity contribution >= 4 is 39.6 Å². The molecule has 1 amide bonds. The first kappa shape index (κ1) is 40.9. The molecule has 0 aliphatic carbocycles. The van der Waals surface area contributed by atoms with E-state index >= 15 is 0 Å². The molecule has 56 heavy (non-hydrogen) atoms. The summed E-state index contributed by atoms with van der Waals surface area (Å²) in [4.78, 5) is 24.5. The number of ether oxygens (including phenoxy) is 1. The zero-order valence-corrected chi connectivity index (χ0v) is 32.7. The van der Waals surface area contributed by atoms with Gasteiger partial charge in [-0.15, -0.1) is 0 Å². The van der Waals surface area contributed by atoms with Crippen LogP contribution in [0.5, 0.6) is 5.75 Å². The van der Waals surface area contributed by atoms with Crippen LogP contribution in [0.2, 0.25) is 0 Å². The summed E-state index contributed by atoms with van der Waals surface area (Å²) in [7, 11) is 3.92. The van der Waals surface area contributed by atoms with Gasteiger partial charge in [0.15, 0.2) is 11.6 Å². The number of piperidine rings is 2. The first-order valence-electron chi connectivity index (χ1n) is 18.7. The number of hydrogen-bond acceptors (Lipinski definition) is 9. The molecule has 2 atom stereocenters. The highest BCUT2D eigenvalue weighted by atomic mass is 32.2. The molecule has 0 radical (unpaired) electrons. The van der Waals surface area contributed by atoms with E-state index in [9.17, 15) is 26.6 Å². The number of amides is 1. The van der Waals surface area contributed by atoms with E-state index in [0.717, 1.165) is 42.7 Å². The van der Waals surface area contributed by atoms with Crippen LogP contribution in [-0.4, -0.2) is 105 Å². The Morgan fingerprint density at radius 2 is 1.75 bits per heavy atom.